The summed E-state index contributed by atoms with van der Waals surface area (Å²) in [5, 5.41) is 10.2. The van der Waals surface area contributed by atoms with Crippen molar-refractivity contribution in [1.29, 1.82) is 0 Å². The highest BCUT2D eigenvalue weighted by atomic mass is 35.5. The minimum absolute atomic E-state index is 0.327. The third-order valence-corrected chi connectivity index (χ3v) is 5.88. The summed E-state index contributed by atoms with van der Waals surface area (Å²) in [6.07, 6.45) is 2.16. The lowest BCUT2D eigenvalue weighted by atomic mass is 9.97. The molecule has 1 aliphatic rings. The summed E-state index contributed by atoms with van der Waals surface area (Å²) in [7, 11) is 0. The predicted molar refractivity (Wildman–Crippen MR) is 115 cm³/mol. The molecule has 0 radical (unpaired) electrons. The van der Waals surface area contributed by atoms with Gasteiger partial charge in [-0.3, -0.25) is 9.47 Å². The minimum Gasteiger partial charge on any atom is -0.508 e. The Morgan fingerprint density at radius 3 is 2.59 bits per heavy atom. The molecule has 1 aliphatic heterocycles. The van der Waals surface area contributed by atoms with Crippen LogP contribution in [0.25, 0.3) is 5.69 Å². The number of nitrogens with zero attached hydrogens (tertiary/aromatic N) is 3. The van der Waals surface area contributed by atoms with E-state index in [1.165, 1.54) is 0 Å². The van der Waals surface area contributed by atoms with Gasteiger partial charge in [0, 0.05) is 6.54 Å². The first-order chi connectivity index (χ1) is 14.1. The molecular formula is C23H26ClN3O2. The van der Waals surface area contributed by atoms with Crippen LogP contribution < -0.4 is 4.74 Å². The highest BCUT2D eigenvalue weighted by molar-refractivity contribution is 6.30. The van der Waals surface area contributed by atoms with Crippen LogP contribution in [0.3, 0.4) is 0 Å². The summed E-state index contributed by atoms with van der Waals surface area (Å²) in [5.74, 6) is 0.823. The molecule has 2 aromatic carbocycles. The van der Waals surface area contributed by atoms with Crippen LogP contribution in [0.4, 0.5) is 0 Å². The van der Waals surface area contributed by atoms with E-state index in [-0.39, 0.29) is 0 Å². The van der Waals surface area contributed by atoms with E-state index in [4.69, 9.17) is 16.3 Å². The summed E-state index contributed by atoms with van der Waals surface area (Å²) in [6.45, 7) is 5.45. The maximum absolute atomic E-state index is 9.64. The lowest BCUT2D eigenvalue weighted by Gasteiger charge is -2.31. The van der Waals surface area contributed by atoms with Gasteiger partial charge in [0.25, 0.3) is 0 Å². The van der Waals surface area contributed by atoms with Crippen LogP contribution in [0.1, 0.15) is 24.1 Å². The first-order valence-electron chi connectivity index (χ1n) is 10.0. The maximum Gasteiger partial charge on any atom is 0.302 e. The molecule has 0 spiro atoms. The smallest absolute Gasteiger partial charge is 0.302 e. The molecule has 4 rings (SSSR count). The van der Waals surface area contributed by atoms with E-state index in [2.05, 4.69) is 16.0 Å². The Morgan fingerprint density at radius 1 is 1.10 bits per heavy atom. The second-order valence-corrected chi connectivity index (χ2v) is 8.00. The van der Waals surface area contributed by atoms with Gasteiger partial charge in [-0.1, -0.05) is 41.9 Å². The summed E-state index contributed by atoms with van der Waals surface area (Å²) < 4.78 is 7.99. The van der Waals surface area contributed by atoms with Crippen LogP contribution >= 0.6 is 11.6 Å². The topological polar surface area (TPSA) is 50.5 Å². The van der Waals surface area contributed by atoms with Gasteiger partial charge in [-0.2, -0.15) is 4.98 Å². The number of aromatic nitrogens is 2. The number of hydrogen-bond acceptors (Lipinski definition) is 4. The van der Waals surface area contributed by atoms with E-state index in [9.17, 15) is 5.11 Å². The van der Waals surface area contributed by atoms with E-state index in [1.807, 2.05) is 54.0 Å². The molecular weight excluding hydrogens is 386 g/mol. The standard InChI is InChI=1S/C23H26ClN3O2/c1-17-22(24)27(20-7-3-2-4-8-20)23(25-17)29-16-18-10-12-26(13-11-18)15-19-6-5-9-21(28)14-19/h2-9,14,18,28H,10-13,15-16H2,1H3. The van der Waals surface area contributed by atoms with Gasteiger partial charge >= 0.3 is 6.01 Å². The molecule has 152 valence electrons. The number of phenolic OH excluding ortho intramolecular Hbond substituents is 1. The first-order valence-corrected chi connectivity index (χ1v) is 10.4. The molecule has 1 fully saturated rings. The third-order valence-electron chi connectivity index (χ3n) is 5.44. The van der Waals surface area contributed by atoms with Gasteiger partial charge in [-0.15, -0.1) is 0 Å². The zero-order chi connectivity index (χ0) is 20.2. The molecule has 29 heavy (non-hydrogen) atoms. The quantitative estimate of drug-likeness (QED) is 0.631. The molecule has 0 aliphatic carbocycles. The average molecular weight is 412 g/mol. The van der Waals surface area contributed by atoms with Crippen LogP contribution in [-0.2, 0) is 6.54 Å². The molecule has 0 amide bonds. The van der Waals surface area contributed by atoms with Crippen LogP contribution in [0.2, 0.25) is 5.15 Å². The molecule has 0 unspecified atom stereocenters. The molecule has 1 N–H and O–H groups in total. The van der Waals surface area contributed by atoms with Crippen molar-refractivity contribution >= 4 is 11.6 Å². The molecule has 2 heterocycles. The number of benzene rings is 2. The average Bonchev–Trinajstić information content (AvgIpc) is 3.02. The molecule has 0 bridgehead atoms. The van der Waals surface area contributed by atoms with Crippen LogP contribution in [0, 0.1) is 12.8 Å². The SMILES string of the molecule is Cc1nc(OCC2CCN(Cc3cccc(O)c3)CC2)n(-c2ccccc2)c1Cl. The van der Waals surface area contributed by atoms with E-state index in [0.29, 0.717) is 29.4 Å². The van der Waals surface area contributed by atoms with Crippen LogP contribution in [-0.4, -0.2) is 39.3 Å². The number of hydrogen-bond donors (Lipinski definition) is 1. The molecule has 3 aromatic rings. The fraction of sp³-hybridized carbons (Fsp3) is 0.348. The monoisotopic (exact) mass is 411 g/mol. The van der Waals surface area contributed by atoms with Crippen LogP contribution in [0.5, 0.6) is 11.8 Å². The molecule has 6 heteroatoms. The molecule has 0 saturated carbocycles. The lowest BCUT2D eigenvalue weighted by Crippen LogP contribution is -2.35. The van der Waals surface area contributed by atoms with Crippen molar-refractivity contribution in [2.24, 2.45) is 5.92 Å². The summed E-state index contributed by atoms with van der Waals surface area (Å²) in [5.41, 5.74) is 2.87. The second-order valence-electron chi connectivity index (χ2n) is 7.64. The van der Waals surface area contributed by atoms with Gasteiger partial charge in [0.1, 0.15) is 10.9 Å². The summed E-state index contributed by atoms with van der Waals surface area (Å²) in [4.78, 5) is 6.95. The lowest BCUT2D eigenvalue weighted by molar-refractivity contribution is 0.131. The number of aromatic hydroxyl groups is 1. The fourth-order valence-electron chi connectivity index (χ4n) is 3.80. The van der Waals surface area contributed by atoms with Crippen molar-refractivity contribution in [3.63, 3.8) is 0 Å². The second kappa shape index (κ2) is 8.89. The zero-order valence-electron chi connectivity index (χ0n) is 16.6. The van der Waals surface area contributed by atoms with Crippen molar-refractivity contribution in [3.05, 3.63) is 71.0 Å². The number of ether oxygens (including phenoxy) is 1. The van der Waals surface area contributed by atoms with Gasteiger partial charge in [0.2, 0.25) is 0 Å². The highest BCUT2D eigenvalue weighted by Crippen LogP contribution is 2.28. The Balaban J connectivity index is 1.34. The number of aryl methyl sites for hydroxylation is 1. The van der Waals surface area contributed by atoms with Gasteiger partial charge in [-0.25, -0.2) is 0 Å². The van der Waals surface area contributed by atoms with E-state index >= 15 is 0 Å². The molecule has 1 aromatic heterocycles. The van der Waals surface area contributed by atoms with Crippen LogP contribution in [0.15, 0.2) is 54.6 Å². The Labute approximate surface area is 176 Å². The normalized spacial score (nSPS) is 15.5. The van der Waals surface area contributed by atoms with E-state index < -0.39 is 0 Å². The first kappa shape index (κ1) is 19.8. The summed E-state index contributed by atoms with van der Waals surface area (Å²) >= 11 is 6.47. The van der Waals surface area contributed by atoms with Gasteiger partial charge in [0.15, 0.2) is 0 Å². The molecule has 1 saturated heterocycles. The van der Waals surface area contributed by atoms with Gasteiger partial charge in [-0.05, 0) is 68.6 Å². The largest absolute Gasteiger partial charge is 0.508 e. The van der Waals surface area contributed by atoms with E-state index in [0.717, 1.165) is 49.4 Å². The minimum atomic E-state index is 0.327. The van der Waals surface area contributed by atoms with Crippen molar-refractivity contribution in [2.75, 3.05) is 19.7 Å². The highest BCUT2D eigenvalue weighted by Gasteiger charge is 2.22. The molecule has 0 atom stereocenters. The van der Waals surface area contributed by atoms with E-state index in [1.54, 1.807) is 6.07 Å². The number of para-hydroxylation sites is 1. The van der Waals surface area contributed by atoms with Crippen molar-refractivity contribution in [1.82, 2.24) is 14.5 Å². The van der Waals surface area contributed by atoms with Gasteiger partial charge < -0.3 is 9.84 Å². The number of phenols is 1. The zero-order valence-corrected chi connectivity index (χ0v) is 17.3. The Morgan fingerprint density at radius 2 is 1.86 bits per heavy atom. The summed E-state index contributed by atoms with van der Waals surface area (Å²) in [6, 6.07) is 18.0. The number of likely N-dealkylation sites (tertiary alicyclic amines) is 1. The molecule has 5 nitrogen and oxygen atoms in total. The van der Waals surface area contributed by atoms with Crippen molar-refractivity contribution in [2.45, 2.75) is 26.3 Å². The van der Waals surface area contributed by atoms with Crippen molar-refractivity contribution in [3.8, 4) is 17.4 Å². The number of halogens is 1. The Bertz CT molecular complexity index is 950. The fourth-order valence-corrected chi connectivity index (χ4v) is 4.01. The Hall–Kier alpha value is -2.50. The Kier molecular flexibility index (Phi) is 6.07. The third kappa shape index (κ3) is 4.74. The number of piperidine rings is 1. The van der Waals surface area contributed by atoms with Gasteiger partial charge in [0.05, 0.1) is 18.0 Å². The van der Waals surface area contributed by atoms with Crippen molar-refractivity contribution < 1.29 is 9.84 Å². The maximum atomic E-state index is 9.64. The predicted octanol–water partition coefficient (Wildman–Crippen LogP) is 4.83. The number of imidazole rings is 1. The number of rotatable bonds is 6.